The number of hydrogen-bond donors (Lipinski definition) is 1. The summed E-state index contributed by atoms with van der Waals surface area (Å²) in [6.07, 6.45) is 6.83. The van der Waals surface area contributed by atoms with Gasteiger partial charge in [0.2, 0.25) is 0 Å². The van der Waals surface area contributed by atoms with Gasteiger partial charge in [0.25, 0.3) is 0 Å². The topological polar surface area (TPSA) is 26.0 Å². The average Bonchev–Trinajstić information content (AvgIpc) is 2.15. The highest BCUT2D eigenvalue weighted by Gasteiger charge is 2.10. The zero-order chi connectivity index (χ0) is 11.0. The first-order chi connectivity index (χ1) is 6.60. The molecule has 14 heavy (non-hydrogen) atoms. The summed E-state index contributed by atoms with van der Waals surface area (Å²) in [6.45, 7) is 10.0. The van der Waals surface area contributed by atoms with E-state index in [9.17, 15) is 0 Å². The van der Waals surface area contributed by atoms with E-state index in [1.807, 2.05) is 0 Å². The molecule has 0 bridgehead atoms. The van der Waals surface area contributed by atoms with Gasteiger partial charge in [0.1, 0.15) is 0 Å². The fraction of sp³-hybridized carbons (Fsp3) is 1.00. The summed E-state index contributed by atoms with van der Waals surface area (Å²) >= 11 is 0. The van der Waals surface area contributed by atoms with Crippen molar-refractivity contribution >= 4 is 0 Å². The highest BCUT2D eigenvalue weighted by Crippen LogP contribution is 2.22. The van der Waals surface area contributed by atoms with Gasteiger partial charge < -0.3 is 5.73 Å². The van der Waals surface area contributed by atoms with Crippen LogP contribution in [0.4, 0.5) is 0 Å². The van der Waals surface area contributed by atoms with Crippen molar-refractivity contribution in [3.05, 3.63) is 0 Å². The Morgan fingerprint density at radius 2 is 1.71 bits per heavy atom. The predicted octanol–water partition coefficient (Wildman–Crippen LogP) is 3.82. The van der Waals surface area contributed by atoms with Crippen LogP contribution in [0.2, 0.25) is 0 Å². The van der Waals surface area contributed by atoms with Crippen LogP contribution >= 0.6 is 0 Å². The highest BCUT2D eigenvalue weighted by molar-refractivity contribution is 4.63. The van der Waals surface area contributed by atoms with Crippen molar-refractivity contribution in [2.75, 3.05) is 6.54 Å². The van der Waals surface area contributed by atoms with Crippen molar-refractivity contribution in [2.45, 2.75) is 59.8 Å². The Balaban J connectivity index is 3.57. The molecule has 0 rings (SSSR count). The Morgan fingerprint density at radius 3 is 2.14 bits per heavy atom. The third kappa shape index (κ3) is 7.37. The zero-order valence-corrected chi connectivity index (χ0v) is 10.6. The molecule has 0 amide bonds. The summed E-state index contributed by atoms with van der Waals surface area (Å²) in [5.74, 6) is 2.48. The largest absolute Gasteiger partial charge is 0.330 e. The summed E-state index contributed by atoms with van der Waals surface area (Å²) in [5, 5.41) is 0. The Bertz CT molecular complexity index is 120. The van der Waals surface area contributed by atoms with Crippen LogP contribution in [0.15, 0.2) is 0 Å². The molecule has 0 saturated carbocycles. The molecule has 0 aromatic carbocycles. The zero-order valence-electron chi connectivity index (χ0n) is 10.6. The van der Waals surface area contributed by atoms with Gasteiger partial charge in [-0.05, 0) is 30.7 Å². The van der Waals surface area contributed by atoms with Crippen LogP contribution in [0.3, 0.4) is 0 Å². The van der Waals surface area contributed by atoms with Gasteiger partial charge in [0.05, 0.1) is 0 Å². The minimum Gasteiger partial charge on any atom is -0.330 e. The van der Waals surface area contributed by atoms with Gasteiger partial charge in [-0.2, -0.15) is 0 Å². The van der Waals surface area contributed by atoms with Crippen molar-refractivity contribution in [2.24, 2.45) is 23.5 Å². The lowest BCUT2D eigenvalue weighted by molar-refractivity contribution is 0.346. The molecule has 0 fully saturated rings. The molecule has 0 saturated heterocycles. The fourth-order valence-corrected chi connectivity index (χ4v) is 1.97. The Hall–Kier alpha value is -0.0400. The van der Waals surface area contributed by atoms with Gasteiger partial charge in [-0.15, -0.1) is 0 Å². The summed E-state index contributed by atoms with van der Waals surface area (Å²) in [6, 6.07) is 0. The van der Waals surface area contributed by atoms with E-state index < -0.39 is 0 Å². The normalized spacial score (nSPS) is 15.9. The van der Waals surface area contributed by atoms with Crippen LogP contribution in [-0.2, 0) is 0 Å². The summed E-state index contributed by atoms with van der Waals surface area (Å²) in [4.78, 5) is 0. The van der Waals surface area contributed by atoms with E-state index in [-0.39, 0.29) is 0 Å². The van der Waals surface area contributed by atoms with Gasteiger partial charge in [-0.1, -0.05) is 53.4 Å². The molecule has 2 unspecified atom stereocenters. The molecule has 2 atom stereocenters. The summed E-state index contributed by atoms with van der Waals surface area (Å²) < 4.78 is 0. The molecule has 86 valence electrons. The van der Waals surface area contributed by atoms with Crippen LogP contribution in [0.1, 0.15) is 59.8 Å². The Morgan fingerprint density at radius 1 is 1.07 bits per heavy atom. The SMILES string of the molecule is CCC(CCCC(C)C)CC(C)CN. The lowest BCUT2D eigenvalue weighted by atomic mass is 9.88. The van der Waals surface area contributed by atoms with E-state index in [1.54, 1.807) is 0 Å². The first-order valence-electron chi connectivity index (χ1n) is 6.30. The Labute approximate surface area is 90.5 Å². The third-order valence-corrected chi connectivity index (χ3v) is 3.11. The first kappa shape index (κ1) is 14.0. The van der Waals surface area contributed by atoms with E-state index in [4.69, 9.17) is 5.73 Å². The quantitative estimate of drug-likeness (QED) is 0.632. The summed E-state index contributed by atoms with van der Waals surface area (Å²) in [5.41, 5.74) is 5.65. The highest BCUT2D eigenvalue weighted by atomic mass is 14.5. The Kier molecular flexibility index (Phi) is 8.26. The second-order valence-electron chi connectivity index (χ2n) is 5.18. The average molecular weight is 199 g/mol. The van der Waals surface area contributed by atoms with Crippen LogP contribution in [0, 0.1) is 17.8 Å². The molecule has 0 aliphatic carbocycles. The smallest absolute Gasteiger partial charge is 0.00514 e. The van der Waals surface area contributed by atoms with E-state index in [0.717, 1.165) is 18.4 Å². The standard InChI is InChI=1S/C13H29N/c1-5-13(9-12(4)10-14)8-6-7-11(2)3/h11-13H,5-10,14H2,1-4H3. The molecule has 0 aliphatic heterocycles. The second-order valence-corrected chi connectivity index (χ2v) is 5.18. The van der Waals surface area contributed by atoms with Gasteiger partial charge in [0.15, 0.2) is 0 Å². The van der Waals surface area contributed by atoms with Crippen LogP contribution < -0.4 is 5.73 Å². The molecule has 0 radical (unpaired) electrons. The maximum Gasteiger partial charge on any atom is -0.00514 e. The minimum absolute atomic E-state index is 0.707. The van der Waals surface area contributed by atoms with Crippen LogP contribution in [0.25, 0.3) is 0 Å². The van der Waals surface area contributed by atoms with Gasteiger partial charge in [-0.3, -0.25) is 0 Å². The molecule has 0 aliphatic rings. The number of rotatable bonds is 8. The number of hydrogen-bond acceptors (Lipinski definition) is 1. The van der Waals surface area contributed by atoms with E-state index in [1.165, 1.54) is 32.1 Å². The molecule has 1 heteroatoms. The molecular weight excluding hydrogens is 170 g/mol. The van der Waals surface area contributed by atoms with E-state index in [2.05, 4.69) is 27.7 Å². The molecule has 0 aromatic rings. The molecule has 0 spiro atoms. The monoisotopic (exact) mass is 199 g/mol. The maximum atomic E-state index is 5.65. The minimum atomic E-state index is 0.707. The van der Waals surface area contributed by atoms with Gasteiger partial charge in [-0.25, -0.2) is 0 Å². The lowest BCUT2D eigenvalue weighted by Crippen LogP contribution is -2.15. The van der Waals surface area contributed by atoms with Gasteiger partial charge >= 0.3 is 0 Å². The van der Waals surface area contributed by atoms with E-state index >= 15 is 0 Å². The second kappa shape index (κ2) is 8.28. The van der Waals surface area contributed by atoms with Crippen molar-refractivity contribution in [3.8, 4) is 0 Å². The molecule has 1 nitrogen and oxygen atoms in total. The van der Waals surface area contributed by atoms with E-state index in [0.29, 0.717) is 5.92 Å². The van der Waals surface area contributed by atoms with Crippen molar-refractivity contribution in [1.29, 1.82) is 0 Å². The molecule has 0 aromatic heterocycles. The first-order valence-corrected chi connectivity index (χ1v) is 6.30. The van der Waals surface area contributed by atoms with Crippen molar-refractivity contribution < 1.29 is 0 Å². The lowest BCUT2D eigenvalue weighted by Gasteiger charge is -2.18. The molecule has 0 heterocycles. The molecular formula is C13H29N. The number of nitrogens with two attached hydrogens (primary N) is 1. The fourth-order valence-electron chi connectivity index (χ4n) is 1.97. The van der Waals surface area contributed by atoms with Crippen LogP contribution in [0.5, 0.6) is 0 Å². The van der Waals surface area contributed by atoms with Crippen molar-refractivity contribution in [3.63, 3.8) is 0 Å². The van der Waals surface area contributed by atoms with Crippen molar-refractivity contribution in [1.82, 2.24) is 0 Å². The van der Waals surface area contributed by atoms with Crippen LogP contribution in [-0.4, -0.2) is 6.54 Å². The molecule has 2 N–H and O–H groups in total. The van der Waals surface area contributed by atoms with Gasteiger partial charge in [0, 0.05) is 0 Å². The summed E-state index contributed by atoms with van der Waals surface area (Å²) in [7, 11) is 0. The third-order valence-electron chi connectivity index (χ3n) is 3.11. The maximum absolute atomic E-state index is 5.65. The predicted molar refractivity (Wildman–Crippen MR) is 65.3 cm³/mol.